The second-order valence-electron chi connectivity index (χ2n) is 4.98. The third kappa shape index (κ3) is 2.90. The average Bonchev–Trinajstić information content (AvgIpc) is 2.38. The van der Waals surface area contributed by atoms with Crippen LogP contribution in [0.2, 0.25) is 5.02 Å². The monoisotopic (exact) mass is 267 g/mol. The van der Waals surface area contributed by atoms with Crippen LogP contribution < -0.4 is 10.6 Å². The zero-order valence-corrected chi connectivity index (χ0v) is 12.0. The van der Waals surface area contributed by atoms with E-state index in [4.69, 9.17) is 17.3 Å². The van der Waals surface area contributed by atoms with E-state index >= 15 is 0 Å². The summed E-state index contributed by atoms with van der Waals surface area (Å²) < 4.78 is 0. The number of anilines is 2. The molecular weight excluding hydrogens is 246 g/mol. The number of likely N-dealkylation sites (tertiary alicyclic amines) is 1. The van der Waals surface area contributed by atoms with Crippen molar-refractivity contribution in [3.8, 4) is 0 Å². The molecule has 1 aliphatic heterocycles. The van der Waals surface area contributed by atoms with Crippen molar-refractivity contribution < 1.29 is 0 Å². The van der Waals surface area contributed by atoms with Gasteiger partial charge in [0.1, 0.15) is 0 Å². The molecule has 18 heavy (non-hydrogen) atoms. The molecule has 2 rings (SSSR count). The van der Waals surface area contributed by atoms with Gasteiger partial charge in [-0.05, 0) is 37.6 Å². The van der Waals surface area contributed by atoms with Gasteiger partial charge >= 0.3 is 0 Å². The lowest BCUT2D eigenvalue weighted by atomic mass is 10.0. The second kappa shape index (κ2) is 5.81. The molecule has 100 valence electrons. The van der Waals surface area contributed by atoms with Crippen LogP contribution in [0, 0.1) is 0 Å². The van der Waals surface area contributed by atoms with Crippen molar-refractivity contribution in [3.05, 3.63) is 23.2 Å². The van der Waals surface area contributed by atoms with Crippen molar-refractivity contribution in [1.82, 2.24) is 4.90 Å². The lowest BCUT2D eigenvalue weighted by Crippen LogP contribution is -2.43. The van der Waals surface area contributed by atoms with Gasteiger partial charge in [-0.25, -0.2) is 0 Å². The lowest BCUT2D eigenvalue weighted by Gasteiger charge is -2.37. The van der Waals surface area contributed by atoms with E-state index in [2.05, 4.69) is 23.8 Å². The van der Waals surface area contributed by atoms with Gasteiger partial charge in [0.05, 0.1) is 11.4 Å². The number of piperidine rings is 1. The Morgan fingerprint density at radius 1 is 1.39 bits per heavy atom. The maximum absolute atomic E-state index is 6.05. The Kier molecular flexibility index (Phi) is 4.36. The Labute approximate surface area is 115 Å². The first-order valence-corrected chi connectivity index (χ1v) is 6.99. The van der Waals surface area contributed by atoms with Crippen LogP contribution in [0.15, 0.2) is 18.2 Å². The van der Waals surface area contributed by atoms with Gasteiger partial charge in [0.25, 0.3) is 0 Å². The Balaban J connectivity index is 2.05. The molecule has 4 heteroatoms. The molecule has 1 aliphatic rings. The topological polar surface area (TPSA) is 32.5 Å². The molecule has 0 unspecified atom stereocenters. The number of nitrogen functional groups attached to an aromatic ring is 1. The van der Waals surface area contributed by atoms with Gasteiger partial charge in [-0.3, -0.25) is 0 Å². The van der Waals surface area contributed by atoms with Gasteiger partial charge in [-0.15, -0.1) is 0 Å². The average molecular weight is 268 g/mol. The van der Waals surface area contributed by atoms with Crippen molar-refractivity contribution in [1.29, 1.82) is 0 Å². The minimum absolute atomic E-state index is 0.580. The molecule has 1 heterocycles. The van der Waals surface area contributed by atoms with Crippen LogP contribution >= 0.6 is 11.6 Å². The van der Waals surface area contributed by atoms with Crippen molar-refractivity contribution >= 4 is 23.0 Å². The van der Waals surface area contributed by atoms with Crippen LogP contribution in [0.25, 0.3) is 0 Å². The third-order valence-corrected chi connectivity index (χ3v) is 4.16. The van der Waals surface area contributed by atoms with Gasteiger partial charge in [-0.2, -0.15) is 0 Å². The van der Waals surface area contributed by atoms with E-state index in [1.54, 1.807) is 0 Å². The summed E-state index contributed by atoms with van der Waals surface area (Å²) in [6, 6.07) is 6.33. The summed E-state index contributed by atoms with van der Waals surface area (Å²) in [4.78, 5) is 4.80. The molecule has 0 amide bonds. The van der Waals surface area contributed by atoms with Crippen molar-refractivity contribution in [3.63, 3.8) is 0 Å². The number of hydrogen-bond acceptors (Lipinski definition) is 3. The molecule has 0 saturated carbocycles. The van der Waals surface area contributed by atoms with E-state index in [-0.39, 0.29) is 0 Å². The maximum atomic E-state index is 6.05. The van der Waals surface area contributed by atoms with E-state index in [0.29, 0.717) is 11.1 Å². The van der Waals surface area contributed by atoms with Crippen molar-refractivity contribution in [2.45, 2.75) is 25.8 Å². The first-order valence-electron chi connectivity index (χ1n) is 6.62. The summed E-state index contributed by atoms with van der Waals surface area (Å²) in [7, 11) is 2.13. The second-order valence-corrected chi connectivity index (χ2v) is 5.42. The quantitative estimate of drug-likeness (QED) is 0.855. The van der Waals surface area contributed by atoms with Crippen LogP contribution in [0.3, 0.4) is 0 Å². The molecule has 2 N–H and O–H groups in total. The first kappa shape index (κ1) is 13.5. The summed E-state index contributed by atoms with van der Waals surface area (Å²) in [5, 5.41) is 0.699. The lowest BCUT2D eigenvalue weighted by molar-refractivity contribution is 0.221. The fourth-order valence-electron chi connectivity index (χ4n) is 2.67. The number of hydrogen-bond donors (Lipinski definition) is 1. The highest BCUT2D eigenvalue weighted by Gasteiger charge is 2.22. The smallest absolute Gasteiger partial charge is 0.0600 e. The van der Waals surface area contributed by atoms with E-state index < -0.39 is 0 Å². The zero-order chi connectivity index (χ0) is 13.1. The van der Waals surface area contributed by atoms with Gasteiger partial charge in [0.15, 0.2) is 0 Å². The molecule has 0 aromatic heterocycles. The molecule has 0 atom stereocenters. The SMILES string of the molecule is CCN1CCC(N(C)c2ccc(Cl)cc2N)CC1. The molecule has 1 aromatic rings. The van der Waals surface area contributed by atoms with E-state index in [9.17, 15) is 0 Å². The summed E-state index contributed by atoms with van der Waals surface area (Å²) in [5.74, 6) is 0. The van der Waals surface area contributed by atoms with E-state index in [1.165, 1.54) is 25.9 Å². The van der Waals surface area contributed by atoms with Gasteiger partial charge < -0.3 is 15.5 Å². The molecule has 3 nitrogen and oxygen atoms in total. The molecule has 0 aliphatic carbocycles. The van der Waals surface area contributed by atoms with Gasteiger partial charge in [0, 0.05) is 31.2 Å². The highest BCUT2D eigenvalue weighted by Crippen LogP contribution is 2.29. The van der Waals surface area contributed by atoms with E-state index in [1.807, 2.05) is 18.2 Å². The normalized spacial score (nSPS) is 17.9. The molecule has 0 spiro atoms. The van der Waals surface area contributed by atoms with Crippen LogP contribution in [-0.2, 0) is 0 Å². The summed E-state index contributed by atoms with van der Waals surface area (Å²) in [6.45, 7) is 5.73. The van der Waals surface area contributed by atoms with Gasteiger partial charge in [-0.1, -0.05) is 18.5 Å². The molecule has 1 fully saturated rings. The van der Waals surface area contributed by atoms with Gasteiger partial charge in [0.2, 0.25) is 0 Å². The number of nitrogens with two attached hydrogens (primary N) is 1. The minimum Gasteiger partial charge on any atom is -0.397 e. The van der Waals surface area contributed by atoms with Crippen LogP contribution in [0.5, 0.6) is 0 Å². The third-order valence-electron chi connectivity index (χ3n) is 3.92. The first-order chi connectivity index (χ1) is 8.61. The molecule has 1 aromatic carbocycles. The number of halogens is 1. The van der Waals surface area contributed by atoms with E-state index in [0.717, 1.165) is 17.9 Å². The number of benzene rings is 1. The summed E-state index contributed by atoms with van der Waals surface area (Å²) in [6.07, 6.45) is 2.40. The maximum Gasteiger partial charge on any atom is 0.0600 e. The minimum atomic E-state index is 0.580. The Hall–Kier alpha value is -0.930. The predicted octanol–water partition coefficient (Wildman–Crippen LogP) is 2.84. The number of rotatable bonds is 3. The Bertz CT molecular complexity index is 400. The molecule has 0 bridgehead atoms. The molecule has 0 radical (unpaired) electrons. The largest absolute Gasteiger partial charge is 0.397 e. The summed E-state index contributed by atoms with van der Waals surface area (Å²) in [5.41, 5.74) is 7.90. The number of nitrogens with zero attached hydrogens (tertiary/aromatic N) is 2. The van der Waals surface area contributed by atoms with Crippen molar-refractivity contribution in [2.75, 3.05) is 37.3 Å². The fraction of sp³-hybridized carbons (Fsp3) is 0.571. The zero-order valence-electron chi connectivity index (χ0n) is 11.2. The van der Waals surface area contributed by atoms with Crippen LogP contribution in [0.1, 0.15) is 19.8 Å². The van der Waals surface area contributed by atoms with Crippen LogP contribution in [-0.4, -0.2) is 37.6 Å². The highest BCUT2D eigenvalue weighted by atomic mass is 35.5. The summed E-state index contributed by atoms with van der Waals surface area (Å²) >= 11 is 5.94. The Morgan fingerprint density at radius 2 is 2.06 bits per heavy atom. The molecule has 1 saturated heterocycles. The predicted molar refractivity (Wildman–Crippen MR) is 79.4 cm³/mol. The van der Waals surface area contributed by atoms with Crippen LogP contribution in [0.4, 0.5) is 11.4 Å². The highest BCUT2D eigenvalue weighted by molar-refractivity contribution is 6.31. The Morgan fingerprint density at radius 3 is 2.61 bits per heavy atom. The fourth-order valence-corrected chi connectivity index (χ4v) is 2.85. The molecular formula is C14H22ClN3. The standard InChI is InChI=1S/C14H22ClN3/c1-3-18-8-6-12(7-9-18)17(2)14-5-4-11(15)10-13(14)16/h4-5,10,12H,3,6-9,16H2,1-2H3. The van der Waals surface area contributed by atoms with Crippen molar-refractivity contribution in [2.24, 2.45) is 0 Å².